The molecule has 0 radical (unpaired) electrons. The van der Waals surface area contributed by atoms with E-state index in [2.05, 4.69) is 34.5 Å². The highest BCUT2D eigenvalue weighted by atomic mass is 35.5. The summed E-state index contributed by atoms with van der Waals surface area (Å²) in [5, 5.41) is 8.07. The Kier molecular flexibility index (Phi) is 3.65. The van der Waals surface area contributed by atoms with Gasteiger partial charge in [-0.1, -0.05) is 24.3 Å². The first-order valence-electron chi connectivity index (χ1n) is 6.50. The van der Waals surface area contributed by atoms with Gasteiger partial charge in [0.2, 0.25) is 5.88 Å². The third-order valence-electron chi connectivity index (χ3n) is 3.41. The van der Waals surface area contributed by atoms with Crippen LogP contribution >= 0.6 is 11.6 Å². The lowest BCUT2D eigenvalue weighted by molar-refractivity contribution is 0.173. The number of alkyl halides is 1. The number of ether oxygens (including phenoxy) is 1. The van der Waals surface area contributed by atoms with Crippen molar-refractivity contribution in [3.05, 3.63) is 53.2 Å². The van der Waals surface area contributed by atoms with Crippen molar-refractivity contribution in [2.45, 2.75) is 31.2 Å². The van der Waals surface area contributed by atoms with Crippen LogP contribution in [0.2, 0.25) is 0 Å². The highest BCUT2D eigenvalue weighted by Crippen LogP contribution is 2.32. The van der Waals surface area contributed by atoms with Gasteiger partial charge in [-0.05, 0) is 36.5 Å². The van der Waals surface area contributed by atoms with Crippen LogP contribution in [0.3, 0.4) is 0 Å². The molecule has 0 bridgehead atoms. The molecule has 98 valence electrons. The van der Waals surface area contributed by atoms with Gasteiger partial charge in [-0.25, -0.2) is 0 Å². The maximum Gasteiger partial charge on any atom is 0.233 e. The molecule has 1 aliphatic rings. The van der Waals surface area contributed by atoms with E-state index in [-0.39, 0.29) is 6.10 Å². The Hall–Kier alpha value is -1.61. The van der Waals surface area contributed by atoms with Crippen molar-refractivity contribution >= 4 is 11.6 Å². The summed E-state index contributed by atoms with van der Waals surface area (Å²) in [4.78, 5) is 0. The summed E-state index contributed by atoms with van der Waals surface area (Å²) in [5.74, 6) is 0.940. The molecule has 0 aliphatic heterocycles. The van der Waals surface area contributed by atoms with E-state index in [0.717, 1.165) is 25.0 Å². The molecule has 2 aromatic rings. The molecule has 0 fully saturated rings. The summed E-state index contributed by atoms with van der Waals surface area (Å²) in [6, 6.07) is 12.1. The summed E-state index contributed by atoms with van der Waals surface area (Å²) < 4.78 is 5.96. The van der Waals surface area contributed by atoms with Gasteiger partial charge in [-0.2, -0.15) is 5.10 Å². The average Bonchev–Trinajstić information content (AvgIpc) is 2.48. The van der Waals surface area contributed by atoms with Gasteiger partial charge in [0.25, 0.3) is 0 Å². The van der Waals surface area contributed by atoms with E-state index in [1.54, 1.807) is 0 Å². The first-order chi connectivity index (χ1) is 9.36. The van der Waals surface area contributed by atoms with E-state index in [0.29, 0.717) is 11.8 Å². The van der Waals surface area contributed by atoms with Crippen molar-refractivity contribution in [3.8, 4) is 5.88 Å². The molecule has 19 heavy (non-hydrogen) atoms. The largest absolute Gasteiger partial charge is 0.468 e. The summed E-state index contributed by atoms with van der Waals surface area (Å²) in [6.45, 7) is 0. The Morgan fingerprint density at radius 2 is 2.05 bits per heavy atom. The Morgan fingerprint density at radius 3 is 2.84 bits per heavy atom. The normalized spacial score (nSPS) is 17.8. The fraction of sp³-hybridized carbons (Fsp3) is 0.333. The first-order valence-corrected chi connectivity index (χ1v) is 7.03. The molecule has 1 unspecified atom stereocenters. The fourth-order valence-corrected chi connectivity index (χ4v) is 2.60. The van der Waals surface area contributed by atoms with E-state index in [1.807, 2.05) is 12.1 Å². The van der Waals surface area contributed by atoms with Gasteiger partial charge in [0.1, 0.15) is 6.10 Å². The van der Waals surface area contributed by atoms with Crippen molar-refractivity contribution in [2.24, 2.45) is 0 Å². The molecule has 1 aromatic heterocycles. The second kappa shape index (κ2) is 5.57. The van der Waals surface area contributed by atoms with E-state index in [1.165, 1.54) is 11.1 Å². The highest BCUT2D eigenvalue weighted by Gasteiger charge is 2.21. The maximum absolute atomic E-state index is 5.96. The van der Waals surface area contributed by atoms with Crippen molar-refractivity contribution in [1.29, 1.82) is 0 Å². The zero-order valence-corrected chi connectivity index (χ0v) is 11.3. The van der Waals surface area contributed by atoms with Crippen molar-refractivity contribution in [1.82, 2.24) is 10.2 Å². The molecule has 3 rings (SSSR count). The predicted octanol–water partition coefficient (Wildman–Crippen LogP) is 3.67. The van der Waals surface area contributed by atoms with E-state index < -0.39 is 0 Å². The minimum absolute atomic E-state index is 0.0844. The Morgan fingerprint density at radius 1 is 1.16 bits per heavy atom. The molecular formula is C15H15ClN2O. The zero-order valence-electron chi connectivity index (χ0n) is 10.6. The molecule has 0 saturated heterocycles. The number of hydrogen-bond acceptors (Lipinski definition) is 3. The third-order valence-corrected chi connectivity index (χ3v) is 3.68. The van der Waals surface area contributed by atoms with Crippen LogP contribution < -0.4 is 4.74 Å². The number of benzene rings is 1. The second-order valence-corrected chi connectivity index (χ2v) is 4.96. The summed E-state index contributed by atoms with van der Waals surface area (Å²) >= 11 is 5.69. The fourth-order valence-electron chi connectivity index (χ4n) is 2.46. The molecule has 4 heteroatoms. The molecule has 1 aliphatic carbocycles. The first kappa shape index (κ1) is 12.4. The molecular weight excluding hydrogens is 260 g/mol. The maximum atomic E-state index is 5.96. The monoisotopic (exact) mass is 274 g/mol. The number of fused-ring (bicyclic) bond motifs is 1. The lowest BCUT2D eigenvalue weighted by Crippen LogP contribution is -2.15. The smallest absolute Gasteiger partial charge is 0.233 e. The predicted molar refractivity (Wildman–Crippen MR) is 74.3 cm³/mol. The van der Waals surface area contributed by atoms with E-state index >= 15 is 0 Å². The van der Waals surface area contributed by atoms with Gasteiger partial charge in [0.05, 0.1) is 11.6 Å². The molecule has 3 nitrogen and oxygen atoms in total. The minimum Gasteiger partial charge on any atom is -0.468 e. The standard InChI is InChI=1S/C15H15ClN2O/c16-10-12-8-9-15(18-17-12)19-14-7-3-5-11-4-1-2-6-13(11)14/h1-2,4,6,8-9,14H,3,5,7,10H2. The molecule has 0 N–H and O–H groups in total. The van der Waals surface area contributed by atoms with Crippen LogP contribution in [0.5, 0.6) is 5.88 Å². The summed E-state index contributed by atoms with van der Waals surface area (Å²) in [7, 11) is 0. The molecule has 0 amide bonds. The van der Waals surface area contributed by atoms with Gasteiger partial charge in [0, 0.05) is 6.07 Å². The van der Waals surface area contributed by atoms with Crippen LogP contribution in [0.1, 0.15) is 35.8 Å². The van der Waals surface area contributed by atoms with E-state index in [9.17, 15) is 0 Å². The number of hydrogen-bond donors (Lipinski definition) is 0. The van der Waals surface area contributed by atoms with Crippen LogP contribution in [0.4, 0.5) is 0 Å². The lowest BCUT2D eigenvalue weighted by atomic mass is 9.89. The molecule has 1 atom stereocenters. The van der Waals surface area contributed by atoms with Gasteiger partial charge >= 0.3 is 0 Å². The summed E-state index contributed by atoms with van der Waals surface area (Å²) in [5.41, 5.74) is 3.42. The number of nitrogens with zero attached hydrogens (tertiary/aromatic N) is 2. The quantitative estimate of drug-likeness (QED) is 0.801. The van der Waals surface area contributed by atoms with Gasteiger partial charge in [-0.3, -0.25) is 0 Å². The Bertz CT molecular complexity index is 556. The van der Waals surface area contributed by atoms with Crippen molar-refractivity contribution in [3.63, 3.8) is 0 Å². The third kappa shape index (κ3) is 2.71. The van der Waals surface area contributed by atoms with Crippen LogP contribution in [0.15, 0.2) is 36.4 Å². The molecule has 1 aromatic carbocycles. The van der Waals surface area contributed by atoms with Gasteiger partial charge in [-0.15, -0.1) is 16.7 Å². The molecule has 0 saturated carbocycles. The zero-order chi connectivity index (χ0) is 13.1. The average molecular weight is 275 g/mol. The molecule has 1 heterocycles. The summed E-state index contributed by atoms with van der Waals surface area (Å²) in [6.07, 6.45) is 3.39. The highest BCUT2D eigenvalue weighted by molar-refractivity contribution is 6.16. The van der Waals surface area contributed by atoms with Crippen LogP contribution in [0, 0.1) is 0 Å². The van der Waals surface area contributed by atoms with E-state index in [4.69, 9.17) is 16.3 Å². The topological polar surface area (TPSA) is 35.0 Å². The molecule has 0 spiro atoms. The van der Waals surface area contributed by atoms with Gasteiger partial charge in [0.15, 0.2) is 0 Å². The second-order valence-electron chi connectivity index (χ2n) is 4.69. The Balaban J connectivity index is 1.80. The van der Waals surface area contributed by atoms with Crippen LogP contribution in [-0.4, -0.2) is 10.2 Å². The minimum atomic E-state index is 0.0844. The van der Waals surface area contributed by atoms with Crippen LogP contribution in [-0.2, 0) is 12.3 Å². The number of rotatable bonds is 3. The number of aryl methyl sites for hydroxylation is 1. The lowest BCUT2D eigenvalue weighted by Gasteiger charge is -2.25. The SMILES string of the molecule is ClCc1ccc(OC2CCCc3ccccc32)nn1. The number of halogens is 1. The van der Waals surface area contributed by atoms with Crippen molar-refractivity contribution < 1.29 is 4.74 Å². The van der Waals surface area contributed by atoms with Gasteiger partial charge < -0.3 is 4.74 Å². The van der Waals surface area contributed by atoms with Crippen LogP contribution in [0.25, 0.3) is 0 Å². The van der Waals surface area contributed by atoms with Crippen molar-refractivity contribution in [2.75, 3.05) is 0 Å². The number of aromatic nitrogens is 2. The Labute approximate surface area is 117 Å².